The van der Waals surface area contributed by atoms with Crippen LogP contribution in [-0.4, -0.2) is 0 Å². The van der Waals surface area contributed by atoms with Crippen molar-refractivity contribution >= 4 is 0 Å². The smallest absolute Gasteiger partial charge is 0.00567 e. The minimum Gasteiger partial charge on any atom is -0.0804 e. The molecule has 0 aromatic heterocycles. The lowest BCUT2D eigenvalue weighted by molar-refractivity contribution is 0.351. The molecule has 0 spiro atoms. The highest BCUT2D eigenvalue weighted by Gasteiger charge is 2.40. The topological polar surface area (TPSA) is 0 Å². The van der Waals surface area contributed by atoms with Gasteiger partial charge >= 0.3 is 0 Å². The number of allylic oxidation sites excluding steroid dienone is 6. The zero-order chi connectivity index (χ0) is 17.3. The van der Waals surface area contributed by atoms with Gasteiger partial charge in [-0.3, -0.25) is 0 Å². The van der Waals surface area contributed by atoms with Gasteiger partial charge in [0.25, 0.3) is 0 Å². The van der Waals surface area contributed by atoms with E-state index in [1.807, 2.05) is 27.9 Å². The summed E-state index contributed by atoms with van der Waals surface area (Å²) in [7, 11) is 0. The lowest BCUT2D eigenvalue weighted by Gasteiger charge is -2.45. The third-order valence-corrected chi connectivity index (χ3v) is 8.32. The maximum Gasteiger partial charge on any atom is 0.00567 e. The van der Waals surface area contributed by atoms with Crippen molar-refractivity contribution in [3.63, 3.8) is 0 Å². The van der Waals surface area contributed by atoms with E-state index < -0.39 is 0 Å². The zero-order valence-electron chi connectivity index (χ0n) is 16.8. The Morgan fingerprint density at radius 1 is 0.577 bits per heavy atom. The normalized spacial score (nSPS) is 31.5. The highest BCUT2D eigenvalue weighted by Crippen LogP contribution is 2.55. The van der Waals surface area contributed by atoms with Gasteiger partial charge in [0.2, 0.25) is 0 Å². The number of rotatable bonds is 2. The Labute approximate surface area is 161 Å². The van der Waals surface area contributed by atoms with Crippen molar-refractivity contribution in [2.24, 2.45) is 17.8 Å². The first-order valence-electron chi connectivity index (χ1n) is 12.1. The monoisotopic (exact) mass is 350 g/mol. The Morgan fingerprint density at radius 2 is 1.23 bits per heavy atom. The summed E-state index contributed by atoms with van der Waals surface area (Å²) in [5.74, 6) is 2.68. The molecule has 5 rings (SSSR count). The van der Waals surface area contributed by atoms with E-state index >= 15 is 0 Å². The van der Waals surface area contributed by atoms with E-state index in [4.69, 9.17) is 0 Å². The molecule has 0 aliphatic heterocycles. The summed E-state index contributed by atoms with van der Waals surface area (Å²) in [6.45, 7) is 0. The lowest BCUT2D eigenvalue weighted by atomic mass is 9.60. The minimum atomic E-state index is 0.834. The molecular weight excluding hydrogens is 312 g/mol. The number of hydrogen-bond acceptors (Lipinski definition) is 0. The quantitative estimate of drug-likeness (QED) is 0.472. The molecule has 1 unspecified atom stereocenters. The van der Waals surface area contributed by atoms with E-state index in [1.54, 1.807) is 0 Å². The van der Waals surface area contributed by atoms with E-state index in [0.29, 0.717) is 0 Å². The van der Waals surface area contributed by atoms with Crippen molar-refractivity contribution in [1.29, 1.82) is 0 Å². The van der Waals surface area contributed by atoms with Crippen LogP contribution in [0, 0.1) is 17.8 Å². The van der Waals surface area contributed by atoms with Gasteiger partial charge in [-0.2, -0.15) is 0 Å². The Bertz CT molecular complexity index is 616. The minimum absolute atomic E-state index is 0.834. The van der Waals surface area contributed by atoms with Crippen LogP contribution in [0.2, 0.25) is 0 Å². The van der Waals surface area contributed by atoms with Crippen LogP contribution in [-0.2, 0) is 0 Å². The fourth-order valence-electron chi connectivity index (χ4n) is 7.22. The maximum atomic E-state index is 2.72. The molecule has 0 nitrogen and oxygen atoms in total. The third kappa shape index (κ3) is 3.06. The van der Waals surface area contributed by atoms with Gasteiger partial charge < -0.3 is 0 Å². The van der Waals surface area contributed by atoms with Gasteiger partial charge in [-0.25, -0.2) is 0 Å². The second-order valence-corrected chi connectivity index (χ2v) is 9.85. The zero-order valence-corrected chi connectivity index (χ0v) is 16.8. The van der Waals surface area contributed by atoms with Crippen LogP contribution in [0.1, 0.15) is 109 Å². The van der Waals surface area contributed by atoms with Crippen LogP contribution in [0.3, 0.4) is 0 Å². The van der Waals surface area contributed by atoms with E-state index in [-0.39, 0.29) is 0 Å². The van der Waals surface area contributed by atoms with Crippen LogP contribution >= 0.6 is 0 Å². The molecule has 26 heavy (non-hydrogen) atoms. The highest BCUT2D eigenvalue weighted by molar-refractivity contribution is 5.58. The fraction of sp³-hybridized carbons (Fsp3) is 0.769. The van der Waals surface area contributed by atoms with E-state index in [0.717, 1.165) is 17.8 Å². The van der Waals surface area contributed by atoms with Crippen molar-refractivity contribution in [3.05, 3.63) is 33.9 Å². The second kappa shape index (κ2) is 7.69. The molecule has 0 amide bonds. The largest absolute Gasteiger partial charge is 0.0804 e. The van der Waals surface area contributed by atoms with Crippen molar-refractivity contribution in [3.8, 4) is 0 Å². The van der Waals surface area contributed by atoms with Gasteiger partial charge in [-0.1, -0.05) is 50.2 Å². The number of hydrogen-bond donors (Lipinski definition) is 0. The van der Waals surface area contributed by atoms with Crippen LogP contribution in [0.15, 0.2) is 33.9 Å². The van der Waals surface area contributed by atoms with Gasteiger partial charge in [0.05, 0.1) is 0 Å². The summed E-state index contributed by atoms with van der Waals surface area (Å²) in [6.07, 6.45) is 27.6. The van der Waals surface area contributed by atoms with Crippen LogP contribution in [0.4, 0.5) is 0 Å². The molecule has 0 N–H and O–H groups in total. The summed E-state index contributed by atoms with van der Waals surface area (Å²) >= 11 is 0. The highest BCUT2D eigenvalue weighted by atomic mass is 14.4. The molecule has 5 aliphatic carbocycles. The average molecular weight is 351 g/mol. The summed E-state index contributed by atoms with van der Waals surface area (Å²) in [5, 5.41) is 0. The first-order valence-corrected chi connectivity index (χ1v) is 12.1. The first-order chi connectivity index (χ1) is 12.9. The van der Waals surface area contributed by atoms with Gasteiger partial charge in [0.15, 0.2) is 0 Å². The molecule has 0 bridgehead atoms. The summed E-state index contributed by atoms with van der Waals surface area (Å²) < 4.78 is 0. The van der Waals surface area contributed by atoms with Crippen LogP contribution in [0.25, 0.3) is 0 Å². The molecule has 0 aromatic rings. The van der Waals surface area contributed by atoms with Crippen molar-refractivity contribution in [2.75, 3.05) is 0 Å². The molecular formula is C26H38. The standard InChI is InChI=1S/C26H38/c1-3-11-19(12-4-1)25-21-15-7-9-17-23(21)26(20-13-5-2-6-14-20)24-18-10-8-16-22(24)25/h15,19-20,23H,1-14,16-18H2. The predicted molar refractivity (Wildman–Crippen MR) is 111 cm³/mol. The molecule has 0 heterocycles. The molecule has 0 saturated heterocycles. The van der Waals surface area contributed by atoms with E-state index in [1.165, 1.54) is 109 Å². The van der Waals surface area contributed by atoms with Gasteiger partial charge in [0.1, 0.15) is 0 Å². The molecule has 0 heteroatoms. The van der Waals surface area contributed by atoms with Gasteiger partial charge in [-0.05, 0) is 105 Å². The average Bonchev–Trinajstić information content (AvgIpc) is 2.73. The van der Waals surface area contributed by atoms with Crippen LogP contribution in [0.5, 0.6) is 0 Å². The fourth-order valence-corrected chi connectivity index (χ4v) is 7.22. The lowest BCUT2D eigenvalue weighted by Crippen LogP contribution is -2.30. The van der Waals surface area contributed by atoms with E-state index in [2.05, 4.69) is 6.08 Å². The Hall–Kier alpha value is -0.780. The molecule has 3 fully saturated rings. The summed E-state index contributed by atoms with van der Waals surface area (Å²) in [4.78, 5) is 0. The maximum absolute atomic E-state index is 2.72. The Kier molecular flexibility index (Phi) is 5.12. The van der Waals surface area contributed by atoms with Crippen molar-refractivity contribution in [2.45, 2.75) is 109 Å². The van der Waals surface area contributed by atoms with Crippen molar-refractivity contribution < 1.29 is 0 Å². The molecule has 5 aliphatic rings. The Balaban J connectivity index is 1.63. The number of fused-ring (bicyclic) bond motifs is 2. The van der Waals surface area contributed by atoms with Crippen LogP contribution < -0.4 is 0 Å². The molecule has 0 aromatic carbocycles. The predicted octanol–water partition coefficient (Wildman–Crippen LogP) is 8.05. The Morgan fingerprint density at radius 3 is 1.96 bits per heavy atom. The SMILES string of the molecule is C1=C2C(C3CCCCC3)=C3CCCCC3=C(C3CCCCC3)C2CCC1. The molecule has 142 valence electrons. The second-order valence-electron chi connectivity index (χ2n) is 9.85. The molecule has 1 atom stereocenters. The summed E-state index contributed by atoms with van der Waals surface area (Å²) in [6, 6.07) is 0. The van der Waals surface area contributed by atoms with E-state index in [9.17, 15) is 0 Å². The third-order valence-electron chi connectivity index (χ3n) is 8.32. The summed E-state index contributed by atoms with van der Waals surface area (Å²) in [5.41, 5.74) is 9.60. The van der Waals surface area contributed by atoms with Crippen molar-refractivity contribution in [1.82, 2.24) is 0 Å². The molecule has 3 saturated carbocycles. The first kappa shape index (κ1) is 17.3. The van der Waals surface area contributed by atoms with Gasteiger partial charge in [0, 0.05) is 5.92 Å². The van der Waals surface area contributed by atoms with Gasteiger partial charge in [-0.15, -0.1) is 0 Å². The molecule has 0 radical (unpaired) electrons.